The van der Waals surface area contributed by atoms with E-state index in [2.05, 4.69) is 5.32 Å². The maximum Gasteiger partial charge on any atom is 0.430 e. The molecule has 3 aromatic rings. The molecule has 0 aliphatic heterocycles. The molecule has 0 aliphatic carbocycles. The minimum Gasteiger partial charge on any atom is -0.493 e. The van der Waals surface area contributed by atoms with Crippen LogP contribution in [0.5, 0.6) is 11.5 Å². The number of halogens is 3. The molecule has 1 amide bonds. The molecule has 0 radical (unpaired) electrons. The number of nitrogens with one attached hydrogen (secondary N) is 1. The van der Waals surface area contributed by atoms with Gasteiger partial charge in [-0.1, -0.05) is 60.7 Å². The Balaban J connectivity index is 1.76. The zero-order chi connectivity index (χ0) is 24.1. The van der Waals surface area contributed by atoms with Crippen LogP contribution in [0.1, 0.15) is 11.1 Å². The van der Waals surface area contributed by atoms with Crippen LogP contribution in [0.2, 0.25) is 0 Å². The van der Waals surface area contributed by atoms with Crippen molar-refractivity contribution in [2.75, 3.05) is 20.8 Å². The molecule has 2 N–H and O–H groups in total. The van der Waals surface area contributed by atoms with E-state index in [1.54, 1.807) is 30.3 Å². The van der Waals surface area contributed by atoms with Gasteiger partial charge in [0.2, 0.25) is 0 Å². The molecule has 0 fully saturated rings. The number of carbonyl (C=O) groups is 1. The lowest BCUT2D eigenvalue weighted by Crippen LogP contribution is -2.54. The Morgan fingerprint density at radius 2 is 1.48 bits per heavy atom. The van der Waals surface area contributed by atoms with E-state index in [0.29, 0.717) is 17.1 Å². The van der Waals surface area contributed by atoms with Gasteiger partial charge in [0.05, 0.1) is 14.2 Å². The summed E-state index contributed by atoms with van der Waals surface area (Å²) in [6.45, 7) is -0.116. The van der Waals surface area contributed by atoms with Gasteiger partial charge in [-0.2, -0.15) is 13.2 Å². The van der Waals surface area contributed by atoms with E-state index in [0.717, 1.165) is 23.3 Å². The number of aliphatic hydroxyl groups is 1. The van der Waals surface area contributed by atoms with Crippen molar-refractivity contribution in [3.63, 3.8) is 0 Å². The van der Waals surface area contributed by atoms with Crippen LogP contribution in [-0.2, 0) is 16.8 Å². The number of hydrogen-bond acceptors (Lipinski definition) is 4. The summed E-state index contributed by atoms with van der Waals surface area (Å²) in [5.41, 5.74) is -2.05. The molecule has 0 aliphatic rings. The van der Waals surface area contributed by atoms with E-state index in [9.17, 15) is 23.1 Å². The SMILES string of the molecule is COc1ccc(CCNC(=O)C(O)(c2ccc(-c3ccccc3)cc2)C(F)(F)F)cc1OC. The van der Waals surface area contributed by atoms with Crippen LogP contribution in [0.4, 0.5) is 13.2 Å². The summed E-state index contributed by atoms with van der Waals surface area (Å²) < 4.78 is 51.9. The number of benzene rings is 3. The lowest BCUT2D eigenvalue weighted by molar-refractivity contribution is -0.257. The molecule has 5 nitrogen and oxygen atoms in total. The fourth-order valence-electron chi connectivity index (χ4n) is 3.44. The van der Waals surface area contributed by atoms with Crippen molar-refractivity contribution in [1.29, 1.82) is 0 Å². The van der Waals surface area contributed by atoms with E-state index >= 15 is 0 Å². The quantitative estimate of drug-likeness (QED) is 0.521. The van der Waals surface area contributed by atoms with Gasteiger partial charge in [0.15, 0.2) is 11.5 Å². The number of rotatable bonds is 8. The number of carbonyl (C=O) groups excluding carboxylic acids is 1. The molecular weight excluding hydrogens is 435 g/mol. The molecule has 0 aromatic heterocycles. The first-order valence-corrected chi connectivity index (χ1v) is 10.1. The van der Waals surface area contributed by atoms with Crippen LogP contribution in [0.15, 0.2) is 72.8 Å². The number of alkyl halides is 3. The van der Waals surface area contributed by atoms with Crippen molar-refractivity contribution >= 4 is 5.91 Å². The molecule has 0 spiro atoms. The highest BCUT2D eigenvalue weighted by Gasteiger charge is 2.60. The predicted molar refractivity (Wildman–Crippen MR) is 118 cm³/mol. The van der Waals surface area contributed by atoms with Crippen LogP contribution in [0.25, 0.3) is 11.1 Å². The van der Waals surface area contributed by atoms with Gasteiger partial charge in [0.25, 0.3) is 11.5 Å². The molecule has 0 bridgehead atoms. The molecule has 33 heavy (non-hydrogen) atoms. The van der Waals surface area contributed by atoms with Crippen molar-refractivity contribution < 1.29 is 32.5 Å². The number of hydrogen-bond donors (Lipinski definition) is 2. The molecular formula is C25H24F3NO4. The van der Waals surface area contributed by atoms with Crippen LogP contribution in [0.3, 0.4) is 0 Å². The van der Waals surface area contributed by atoms with Gasteiger partial charge in [-0.25, -0.2) is 0 Å². The average Bonchev–Trinajstić information content (AvgIpc) is 2.83. The normalized spacial score (nSPS) is 13.2. The minimum atomic E-state index is -5.21. The van der Waals surface area contributed by atoms with E-state index in [-0.39, 0.29) is 13.0 Å². The molecule has 174 valence electrons. The Kier molecular flexibility index (Phi) is 7.28. The van der Waals surface area contributed by atoms with Gasteiger partial charge >= 0.3 is 6.18 Å². The van der Waals surface area contributed by atoms with Crippen molar-refractivity contribution in [2.24, 2.45) is 0 Å². The lowest BCUT2D eigenvalue weighted by atomic mass is 9.90. The molecule has 3 aromatic carbocycles. The van der Waals surface area contributed by atoms with Crippen molar-refractivity contribution in [1.82, 2.24) is 5.32 Å². The largest absolute Gasteiger partial charge is 0.493 e. The lowest BCUT2D eigenvalue weighted by Gasteiger charge is -2.29. The number of methoxy groups -OCH3 is 2. The molecule has 3 rings (SSSR count). The van der Waals surface area contributed by atoms with Crippen molar-refractivity contribution in [3.05, 3.63) is 83.9 Å². The Bertz CT molecular complexity index is 1090. The van der Waals surface area contributed by atoms with E-state index in [1.807, 2.05) is 18.2 Å². The van der Waals surface area contributed by atoms with Gasteiger partial charge in [-0.15, -0.1) is 0 Å². The highest BCUT2D eigenvalue weighted by Crippen LogP contribution is 2.40. The fraction of sp³-hybridized carbons (Fsp3) is 0.240. The summed E-state index contributed by atoms with van der Waals surface area (Å²) in [7, 11) is 2.96. The Morgan fingerprint density at radius 1 is 0.879 bits per heavy atom. The topological polar surface area (TPSA) is 67.8 Å². The first kappa shape index (κ1) is 24.1. The third-order valence-corrected chi connectivity index (χ3v) is 5.30. The molecule has 0 saturated carbocycles. The molecule has 1 unspecified atom stereocenters. The third-order valence-electron chi connectivity index (χ3n) is 5.30. The van der Waals surface area contributed by atoms with Gasteiger partial charge in [0, 0.05) is 12.1 Å². The van der Waals surface area contributed by atoms with Gasteiger partial charge in [-0.3, -0.25) is 4.79 Å². The summed E-state index contributed by atoms with van der Waals surface area (Å²) in [5.74, 6) is -0.565. The van der Waals surface area contributed by atoms with Crippen LogP contribution in [-0.4, -0.2) is 38.0 Å². The first-order chi connectivity index (χ1) is 15.7. The van der Waals surface area contributed by atoms with E-state index < -0.39 is 23.2 Å². The monoisotopic (exact) mass is 459 g/mol. The summed E-state index contributed by atoms with van der Waals surface area (Å²) in [4.78, 5) is 12.6. The average molecular weight is 459 g/mol. The smallest absolute Gasteiger partial charge is 0.430 e. The maximum absolute atomic E-state index is 13.9. The number of ether oxygens (including phenoxy) is 2. The van der Waals surface area contributed by atoms with Gasteiger partial charge in [-0.05, 0) is 35.2 Å². The zero-order valence-electron chi connectivity index (χ0n) is 18.1. The molecule has 0 saturated heterocycles. The molecule has 8 heteroatoms. The summed E-state index contributed by atoms with van der Waals surface area (Å²) >= 11 is 0. The van der Waals surface area contributed by atoms with Crippen LogP contribution >= 0.6 is 0 Å². The Morgan fingerprint density at radius 3 is 2.06 bits per heavy atom. The summed E-state index contributed by atoms with van der Waals surface area (Å²) in [6, 6.07) is 19.2. The Labute approximate surface area is 189 Å². The summed E-state index contributed by atoms with van der Waals surface area (Å²) in [6.07, 6.45) is -4.98. The highest BCUT2D eigenvalue weighted by atomic mass is 19.4. The van der Waals surface area contributed by atoms with E-state index in [4.69, 9.17) is 9.47 Å². The number of amides is 1. The second-order valence-electron chi connectivity index (χ2n) is 7.35. The molecule has 0 heterocycles. The summed E-state index contributed by atoms with van der Waals surface area (Å²) in [5, 5.41) is 12.7. The maximum atomic E-state index is 13.9. The highest BCUT2D eigenvalue weighted by molar-refractivity contribution is 5.87. The second kappa shape index (κ2) is 9.95. The van der Waals surface area contributed by atoms with Crippen LogP contribution in [0, 0.1) is 0 Å². The predicted octanol–water partition coefficient (Wildman–Crippen LogP) is 4.48. The second-order valence-corrected chi connectivity index (χ2v) is 7.35. The van der Waals surface area contributed by atoms with Gasteiger partial charge in [0.1, 0.15) is 0 Å². The van der Waals surface area contributed by atoms with Crippen molar-refractivity contribution in [3.8, 4) is 22.6 Å². The van der Waals surface area contributed by atoms with Gasteiger partial charge < -0.3 is 19.9 Å². The first-order valence-electron chi connectivity index (χ1n) is 10.1. The molecule has 1 atom stereocenters. The minimum absolute atomic E-state index is 0.116. The Hall–Kier alpha value is -3.52. The van der Waals surface area contributed by atoms with E-state index in [1.165, 1.54) is 26.4 Å². The van der Waals surface area contributed by atoms with Crippen molar-refractivity contribution in [2.45, 2.75) is 18.2 Å². The van der Waals surface area contributed by atoms with Crippen LogP contribution < -0.4 is 14.8 Å². The standard InChI is InChI=1S/C25H24F3NO4/c1-32-21-13-8-17(16-22(21)33-2)14-15-29-23(30)24(31,25(26,27)28)20-11-9-19(10-12-20)18-6-4-3-5-7-18/h3-13,16,31H,14-15H2,1-2H3,(H,29,30). The fourth-order valence-corrected chi connectivity index (χ4v) is 3.44. The third kappa shape index (κ3) is 5.12. The zero-order valence-corrected chi connectivity index (χ0v) is 18.1.